The minimum atomic E-state index is -0.928. The number of hydrogen-bond acceptors (Lipinski definition) is 4. The van der Waals surface area contributed by atoms with E-state index in [1.165, 1.54) is 0 Å². The highest BCUT2D eigenvalue weighted by Crippen LogP contribution is 2.35. The molecule has 0 saturated heterocycles. The fraction of sp³-hybridized carbons (Fsp3) is 0.214. The topological polar surface area (TPSA) is 77.8 Å². The maximum atomic E-state index is 13.7. The van der Waals surface area contributed by atoms with Gasteiger partial charge in [-0.1, -0.05) is 42.5 Å². The summed E-state index contributed by atoms with van der Waals surface area (Å²) in [5, 5.41) is 10.2. The lowest BCUT2D eigenvalue weighted by atomic mass is 10.0. The molecule has 1 aliphatic heterocycles. The smallest absolute Gasteiger partial charge is 0.307 e. The van der Waals surface area contributed by atoms with E-state index in [1.54, 1.807) is 17.6 Å². The van der Waals surface area contributed by atoms with Gasteiger partial charge in [-0.3, -0.25) is 14.2 Å². The molecule has 1 aliphatic rings. The molecule has 34 heavy (non-hydrogen) atoms. The Labute approximate surface area is 197 Å². The molecule has 6 heteroatoms. The molecule has 0 unspecified atom stereocenters. The third-order valence-electron chi connectivity index (χ3n) is 6.53. The number of nitrogens with zero attached hydrogens (tertiary/aromatic N) is 1. The van der Waals surface area contributed by atoms with Crippen LogP contribution < -0.4 is 9.47 Å². The van der Waals surface area contributed by atoms with Crippen LogP contribution in [0.2, 0.25) is 0 Å². The Morgan fingerprint density at radius 1 is 1.03 bits per heavy atom. The Morgan fingerprint density at radius 2 is 1.79 bits per heavy atom. The maximum absolute atomic E-state index is 13.7. The molecule has 0 spiro atoms. The summed E-state index contributed by atoms with van der Waals surface area (Å²) in [5.41, 5.74) is 4.39. The quantitative estimate of drug-likeness (QED) is 0.436. The van der Waals surface area contributed by atoms with E-state index in [-0.39, 0.29) is 18.2 Å². The van der Waals surface area contributed by atoms with Gasteiger partial charge in [0, 0.05) is 27.8 Å². The average Bonchev–Trinajstić information content (AvgIpc) is 3.36. The van der Waals surface area contributed by atoms with Crippen molar-refractivity contribution in [3.05, 3.63) is 94.7 Å². The number of hydrogen-bond donors (Lipinski definition) is 1. The standard InChI is InChI=1S/C28H25NO5/c1-17-20(10-7-13-25(17)33-15-19-16-34-26-12-6-4-8-21(19)26)28(32)29-18(2)23(14-27(30)31)22-9-3-5-11-24(22)29/h3-13,19H,14-16H2,1-2H3,(H,30,31)/t19-/m0/s1. The Bertz CT molecular complexity index is 1420. The largest absolute Gasteiger partial charge is 0.493 e. The molecule has 2 heterocycles. The summed E-state index contributed by atoms with van der Waals surface area (Å²) in [4.78, 5) is 25.2. The first-order chi connectivity index (χ1) is 16.5. The molecule has 0 radical (unpaired) electrons. The molecule has 1 N–H and O–H groups in total. The van der Waals surface area contributed by atoms with E-state index in [9.17, 15) is 14.7 Å². The highest BCUT2D eigenvalue weighted by Gasteiger charge is 2.26. The molecule has 1 aromatic heterocycles. The van der Waals surface area contributed by atoms with Crippen LogP contribution in [0.3, 0.4) is 0 Å². The minimum absolute atomic E-state index is 0.129. The summed E-state index contributed by atoms with van der Waals surface area (Å²) >= 11 is 0. The Kier molecular flexibility index (Phi) is 5.57. The van der Waals surface area contributed by atoms with Crippen molar-refractivity contribution < 1.29 is 24.2 Å². The fourth-order valence-corrected chi connectivity index (χ4v) is 4.75. The van der Waals surface area contributed by atoms with Crippen LogP contribution in [0.15, 0.2) is 66.7 Å². The predicted octanol–water partition coefficient (Wildman–Crippen LogP) is 5.13. The number of rotatable bonds is 6. The van der Waals surface area contributed by atoms with Crippen molar-refractivity contribution in [1.29, 1.82) is 0 Å². The number of carbonyl (C=O) groups excluding carboxylic acids is 1. The summed E-state index contributed by atoms with van der Waals surface area (Å²) < 4.78 is 13.5. The zero-order chi connectivity index (χ0) is 23.8. The number of aromatic nitrogens is 1. The lowest BCUT2D eigenvalue weighted by molar-refractivity contribution is -0.136. The van der Waals surface area contributed by atoms with Crippen LogP contribution in [0.4, 0.5) is 0 Å². The summed E-state index contributed by atoms with van der Waals surface area (Å²) in [7, 11) is 0. The van der Waals surface area contributed by atoms with E-state index in [4.69, 9.17) is 9.47 Å². The summed E-state index contributed by atoms with van der Waals surface area (Å²) in [6.45, 7) is 4.69. The van der Waals surface area contributed by atoms with Crippen molar-refractivity contribution >= 4 is 22.8 Å². The van der Waals surface area contributed by atoms with Gasteiger partial charge in [-0.2, -0.15) is 0 Å². The molecule has 0 fully saturated rings. The van der Waals surface area contributed by atoms with E-state index in [0.717, 1.165) is 22.3 Å². The highest BCUT2D eigenvalue weighted by molar-refractivity contribution is 6.05. The summed E-state index contributed by atoms with van der Waals surface area (Å²) in [6.07, 6.45) is -0.139. The first-order valence-electron chi connectivity index (χ1n) is 11.2. The number of fused-ring (bicyclic) bond motifs is 2. The van der Waals surface area contributed by atoms with Gasteiger partial charge >= 0.3 is 5.97 Å². The molecular formula is C28H25NO5. The Balaban J connectivity index is 1.46. The van der Waals surface area contributed by atoms with Crippen molar-refractivity contribution in [1.82, 2.24) is 4.57 Å². The first-order valence-corrected chi connectivity index (χ1v) is 11.2. The molecular weight excluding hydrogens is 430 g/mol. The van der Waals surface area contributed by atoms with Crippen LogP contribution in [-0.4, -0.2) is 34.8 Å². The Morgan fingerprint density at radius 3 is 2.62 bits per heavy atom. The fourth-order valence-electron chi connectivity index (χ4n) is 4.75. The van der Waals surface area contributed by atoms with E-state index in [2.05, 4.69) is 6.07 Å². The van der Waals surface area contributed by atoms with Gasteiger partial charge in [-0.05, 0) is 43.7 Å². The molecule has 5 rings (SSSR count). The second kappa shape index (κ2) is 8.71. The Hall–Kier alpha value is -4.06. The molecule has 1 atom stereocenters. The van der Waals surface area contributed by atoms with Crippen LogP contribution in [0.1, 0.15) is 38.7 Å². The second-order valence-corrected chi connectivity index (χ2v) is 8.58. The van der Waals surface area contributed by atoms with Crippen molar-refractivity contribution in [2.75, 3.05) is 13.2 Å². The first kappa shape index (κ1) is 21.8. The third-order valence-corrected chi connectivity index (χ3v) is 6.53. The second-order valence-electron chi connectivity index (χ2n) is 8.58. The number of benzene rings is 3. The van der Waals surface area contributed by atoms with Crippen molar-refractivity contribution in [2.24, 2.45) is 0 Å². The van der Waals surface area contributed by atoms with Gasteiger partial charge < -0.3 is 14.6 Å². The molecule has 4 aromatic rings. The lowest BCUT2D eigenvalue weighted by Crippen LogP contribution is -2.17. The summed E-state index contributed by atoms with van der Waals surface area (Å²) in [6, 6.07) is 20.8. The van der Waals surface area contributed by atoms with Crippen LogP contribution in [-0.2, 0) is 11.2 Å². The van der Waals surface area contributed by atoms with Gasteiger partial charge in [0.1, 0.15) is 11.5 Å². The van der Waals surface area contributed by atoms with Crippen LogP contribution >= 0.6 is 0 Å². The zero-order valence-electron chi connectivity index (χ0n) is 19.1. The van der Waals surface area contributed by atoms with Gasteiger partial charge in [0.15, 0.2) is 0 Å². The van der Waals surface area contributed by atoms with Crippen molar-refractivity contribution in [3.8, 4) is 11.5 Å². The predicted molar refractivity (Wildman–Crippen MR) is 129 cm³/mol. The van der Waals surface area contributed by atoms with E-state index >= 15 is 0 Å². The van der Waals surface area contributed by atoms with Gasteiger partial charge in [-0.25, -0.2) is 0 Å². The molecule has 0 saturated carbocycles. The molecule has 0 aliphatic carbocycles. The SMILES string of the molecule is Cc1c(OC[C@H]2COc3ccccc32)cccc1C(=O)n1c(C)c(CC(=O)O)c2ccccc21. The maximum Gasteiger partial charge on any atom is 0.307 e. The minimum Gasteiger partial charge on any atom is -0.493 e. The number of carboxylic acid groups (broad SMARTS) is 1. The van der Waals surface area contributed by atoms with Gasteiger partial charge in [0.2, 0.25) is 0 Å². The monoisotopic (exact) mass is 455 g/mol. The van der Waals surface area contributed by atoms with Crippen LogP contribution in [0.5, 0.6) is 11.5 Å². The van der Waals surface area contributed by atoms with E-state index in [1.807, 2.05) is 61.5 Å². The number of aliphatic carboxylic acids is 1. The molecule has 0 bridgehead atoms. The van der Waals surface area contributed by atoms with Gasteiger partial charge in [0.25, 0.3) is 5.91 Å². The normalized spacial score (nSPS) is 14.6. The molecule has 0 amide bonds. The van der Waals surface area contributed by atoms with Gasteiger partial charge in [0.05, 0.1) is 31.1 Å². The average molecular weight is 456 g/mol. The highest BCUT2D eigenvalue weighted by atomic mass is 16.5. The van der Waals surface area contributed by atoms with Crippen molar-refractivity contribution in [3.63, 3.8) is 0 Å². The van der Waals surface area contributed by atoms with Gasteiger partial charge in [-0.15, -0.1) is 0 Å². The van der Waals surface area contributed by atoms with Crippen molar-refractivity contribution in [2.45, 2.75) is 26.2 Å². The zero-order valence-corrected chi connectivity index (χ0v) is 19.1. The van der Waals surface area contributed by atoms with E-state index in [0.29, 0.717) is 41.3 Å². The number of carbonyl (C=O) groups is 2. The third kappa shape index (κ3) is 3.71. The number of ether oxygens (including phenoxy) is 2. The number of carboxylic acids is 1. The lowest BCUT2D eigenvalue weighted by Gasteiger charge is -2.16. The van der Waals surface area contributed by atoms with Crippen LogP contribution in [0.25, 0.3) is 10.9 Å². The summed E-state index contributed by atoms with van der Waals surface area (Å²) in [5.74, 6) is 0.536. The molecule has 3 aromatic carbocycles. The molecule has 172 valence electrons. The number of para-hydroxylation sites is 2. The van der Waals surface area contributed by atoms with E-state index < -0.39 is 5.97 Å². The molecule has 6 nitrogen and oxygen atoms in total. The van der Waals surface area contributed by atoms with Crippen LogP contribution in [0, 0.1) is 13.8 Å².